The number of aliphatic imine (C=N–C) groups is 1. The molecule has 0 bridgehead atoms. The number of nitrogens with zero attached hydrogens (tertiary/aromatic N) is 2. The van der Waals surface area contributed by atoms with Gasteiger partial charge in [-0.2, -0.15) is 8.78 Å². The van der Waals surface area contributed by atoms with Crippen molar-refractivity contribution in [3.63, 3.8) is 0 Å². The maximum absolute atomic E-state index is 12.8. The number of hydrogen-bond acceptors (Lipinski definition) is 5. The molecule has 0 spiro atoms. The number of benzene rings is 2. The molecule has 4 rings (SSSR count). The molecule has 2 heterocycles. The molecule has 2 aliphatic heterocycles. The second-order valence-corrected chi connectivity index (χ2v) is 7.01. The Bertz CT molecular complexity index is 962. The fourth-order valence-corrected chi connectivity index (χ4v) is 3.41. The summed E-state index contributed by atoms with van der Waals surface area (Å²) in [6, 6.07) is 11.4. The first-order valence-corrected chi connectivity index (χ1v) is 9.93. The maximum atomic E-state index is 12.8. The first-order valence-electron chi connectivity index (χ1n) is 9.93. The number of guanidine groups is 1. The van der Waals surface area contributed by atoms with Gasteiger partial charge in [-0.1, -0.05) is 24.3 Å². The van der Waals surface area contributed by atoms with Crippen molar-refractivity contribution in [2.45, 2.75) is 19.7 Å². The lowest BCUT2D eigenvalue weighted by atomic mass is 10.1. The zero-order chi connectivity index (χ0) is 21.6. The topological polar surface area (TPSA) is 67.4 Å². The van der Waals surface area contributed by atoms with E-state index in [-0.39, 0.29) is 43.1 Å². The smallest absolute Gasteiger partial charge is 0.387 e. The fraction of sp³-hybridized carbons (Fsp3) is 0.318. The zero-order valence-electron chi connectivity index (χ0n) is 17.5. The van der Waals surface area contributed by atoms with Crippen LogP contribution in [0, 0.1) is 0 Å². The summed E-state index contributed by atoms with van der Waals surface area (Å²) in [6.07, 6.45) is 4.31. The third-order valence-corrected chi connectivity index (χ3v) is 5.02. The van der Waals surface area contributed by atoms with E-state index < -0.39 is 6.61 Å². The van der Waals surface area contributed by atoms with Gasteiger partial charge < -0.3 is 29.7 Å². The Labute approximate surface area is 202 Å². The Kier molecular flexibility index (Phi) is 8.37. The van der Waals surface area contributed by atoms with Crippen molar-refractivity contribution >= 4 is 35.6 Å². The van der Waals surface area contributed by atoms with Crippen LogP contribution >= 0.6 is 24.0 Å². The van der Waals surface area contributed by atoms with Crippen LogP contribution in [0.15, 0.2) is 53.5 Å². The van der Waals surface area contributed by atoms with Crippen molar-refractivity contribution in [2.75, 3.05) is 31.8 Å². The van der Waals surface area contributed by atoms with Crippen molar-refractivity contribution in [3.8, 4) is 17.2 Å². The minimum Gasteiger partial charge on any atom is -0.454 e. The second-order valence-electron chi connectivity index (χ2n) is 7.01. The van der Waals surface area contributed by atoms with E-state index in [1.165, 1.54) is 11.8 Å². The summed E-state index contributed by atoms with van der Waals surface area (Å²) in [5, 5.41) is 6.34. The van der Waals surface area contributed by atoms with E-state index in [2.05, 4.69) is 61.7 Å². The third kappa shape index (κ3) is 5.93. The highest BCUT2D eigenvalue weighted by Crippen LogP contribution is 2.38. The van der Waals surface area contributed by atoms with Crippen molar-refractivity contribution < 1.29 is 23.0 Å². The van der Waals surface area contributed by atoms with Gasteiger partial charge in [-0.05, 0) is 23.8 Å². The Morgan fingerprint density at radius 3 is 2.38 bits per heavy atom. The number of fused-ring (bicyclic) bond motifs is 1. The summed E-state index contributed by atoms with van der Waals surface area (Å²) in [4.78, 5) is 6.47. The van der Waals surface area contributed by atoms with Gasteiger partial charge in [-0.3, -0.25) is 4.99 Å². The number of hydrogen-bond donors (Lipinski definition) is 2. The van der Waals surface area contributed by atoms with Crippen LogP contribution in [0.1, 0.15) is 11.1 Å². The van der Waals surface area contributed by atoms with Crippen LogP contribution in [0.25, 0.3) is 0 Å². The maximum Gasteiger partial charge on any atom is 0.387 e. The van der Waals surface area contributed by atoms with Crippen molar-refractivity contribution in [2.24, 2.45) is 4.99 Å². The average Bonchev–Trinajstić information content (AvgIpc) is 3.46. The van der Waals surface area contributed by atoms with E-state index in [1.54, 1.807) is 13.1 Å². The van der Waals surface area contributed by atoms with Crippen molar-refractivity contribution in [1.82, 2.24) is 10.6 Å². The lowest BCUT2D eigenvalue weighted by molar-refractivity contribution is -0.0505. The van der Waals surface area contributed by atoms with Gasteiger partial charge in [0, 0.05) is 50.5 Å². The molecule has 0 atom stereocenters. The monoisotopic (exact) mass is 558 g/mol. The van der Waals surface area contributed by atoms with E-state index >= 15 is 0 Å². The summed E-state index contributed by atoms with van der Waals surface area (Å²) in [6.45, 7) is -0.220. The summed E-state index contributed by atoms with van der Waals surface area (Å²) in [7, 11) is 1.65. The Hall–Kier alpha value is -2.76. The molecule has 0 saturated heterocycles. The van der Waals surface area contributed by atoms with Crippen LogP contribution in [0.3, 0.4) is 0 Å². The highest BCUT2D eigenvalue weighted by Gasteiger charge is 2.20. The highest BCUT2D eigenvalue weighted by molar-refractivity contribution is 14.0. The summed E-state index contributed by atoms with van der Waals surface area (Å²) >= 11 is 0. The van der Waals surface area contributed by atoms with E-state index in [0.29, 0.717) is 29.6 Å². The molecule has 0 fully saturated rings. The van der Waals surface area contributed by atoms with E-state index in [9.17, 15) is 8.78 Å². The van der Waals surface area contributed by atoms with Gasteiger partial charge in [-0.25, -0.2) is 0 Å². The van der Waals surface area contributed by atoms with Crippen molar-refractivity contribution in [1.29, 1.82) is 0 Å². The van der Waals surface area contributed by atoms with Crippen molar-refractivity contribution in [3.05, 3.63) is 59.7 Å². The lowest BCUT2D eigenvalue weighted by Crippen LogP contribution is -2.36. The average molecular weight is 558 g/mol. The molecule has 172 valence electrons. The second kappa shape index (κ2) is 11.2. The van der Waals surface area contributed by atoms with Gasteiger partial charge in [0.05, 0.1) is 0 Å². The van der Waals surface area contributed by atoms with Crippen LogP contribution in [0.2, 0.25) is 0 Å². The molecule has 7 nitrogen and oxygen atoms in total. The minimum absolute atomic E-state index is 0. The molecule has 2 aromatic rings. The first-order chi connectivity index (χ1) is 15.1. The number of ether oxygens (including phenoxy) is 3. The highest BCUT2D eigenvalue weighted by atomic mass is 127. The summed E-state index contributed by atoms with van der Waals surface area (Å²) in [5.41, 5.74) is 2.80. The largest absolute Gasteiger partial charge is 0.454 e. The molecule has 2 N–H and O–H groups in total. The Morgan fingerprint density at radius 1 is 1.06 bits per heavy atom. The molecule has 2 aromatic carbocycles. The SMILES string of the molecule is CN=C(NCc1ccc(N2CC=CC2)cc1)NCc1cc2c(cc1OC(F)F)OCO2.I. The molecule has 0 radical (unpaired) electrons. The molecule has 0 aromatic heterocycles. The van der Waals surface area contributed by atoms with Gasteiger partial charge in [0.25, 0.3) is 0 Å². The van der Waals surface area contributed by atoms with Gasteiger partial charge in [0.15, 0.2) is 17.5 Å². The molecular formula is C22H25F2IN4O3. The van der Waals surface area contributed by atoms with Crippen LogP contribution in [-0.2, 0) is 13.1 Å². The van der Waals surface area contributed by atoms with Crippen LogP contribution in [0.5, 0.6) is 17.2 Å². The molecule has 0 aliphatic carbocycles. The summed E-state index contributed by atoms with van der Waals surface area (Å²) in [5.74, 6) is 1.45. The normalized spacial score (nSPS) is 14.5. The predicted octanol–water partition coefficient (Wildman–Crippen LogP) is 3.88. The predicted molar refractivity (Wildman–Crippen MR) is 129 cm³/mol. The number of halogens is 3. The number of anilines is 1. The number of rotatable bonds is 7. The van der Waals surface area contributed by atoms with E-state index in [0.717, 1.165) is 18.7 Å². The third-order valence-electron chi connectivity index (χ3n) is 5.02. The standard InChI is InChI=1S/C22H24F2N4O3.HI/c1-25-22(26-12-15-4-6-17(7-5-15)28-8-2-3-9-28)27-13-16-10-19-20(30-14-29-19)11-18(16)31-21(23)24;/h2-7,10-11,21H,8-9,12-14H2,1H3,(H2,25,26,27);1H. The van der Waals surface area contributed by atoms with Gasteiger partial charge in [0.1, 0.15) is 5.75 Å². The lowest BCUT2D eigenvalue weighted by Gasteiger charge is -2.18. The molecule has 0 unspecified atom stereocenters. The Morgan fingerprint density at radius 2 is 1.72 bits per heavy atom. The number of alkyl halides is 2. The Balaban J connectivity index is 0.00000289. The van der Waals surface area contributed by atoms with Crippen LogP contribution in [0.4, 0.5) is 14.5 Å². The van der Waals surface area contributed by atoms with E-state index in [4.69, 9.17) is 9.47 Å². The minimum atomic E-state index is -2.93. The van der Waals surface area contributed by atoms with E-state index in [1.807, 2.05) is 0 Å². The van der Waals surface area contributed by atoms with Gasteiger partial charge in [0.2, 0.25) is 6.79 Å². The van der Waals surface area contributed by atoms with Gasteiger partial charge in [-0.15, -0.1) is 24.0 Å². The molecular weight excluding hydrogens is 533 g/mol. The zero-order valence-corrected chi connectivity index (χ0v) is 19.8. The number of nitrogens with one attached hydrogen (secondary N) is 2. The first kappa shape index (κ1) is 23.9. The molecule has 2 aliphatic rings. The molecule has 0 amide bonds. The van der Waals surface area contributed by atoms with Crippen LogP contribution < -0.4 is 29.7 Å². The van der Waals surface area contributed by atoms with Gasteiger partial charge >= 0.3 is 6.61 Å². The fourth-order valence-electron chi connectivity index (χ4n) is 3.41. The molecule has 10 heteroatoms. The molecule has 0 saturated carbocycles. The molecule has 32 heavy (non-hydrogen) atoms. The quantitative estimate of drug-likeness (QED) is 0.233. The van der Waals surface area contributed by atoms with Crippen LogP contribution in [-0.4, -0.2) is 39.5 Å². The summed E-state index contributed by atoms with van der Waals surface area (Å²) < 4.78 is 40.8.